The smallest absolute Gasteiger partial charge is 0.222 e. The van der Waals surface area contributed by atoms with E-state index in [9.17, 15) is 4.79 Å². The molecule has 1 amide bonds. The number of aryl methyl sites for hydroxylation is 1. The highest BCUT2D eigenvalue weighted by molar-refractivity contribution is 5.76. The number of ether oxygens (including phenoxy) is 2. The minimum absolute atomic E-state index is 0.233. The van der Waals surface area contributed by atoms with Crippen molar-refractivity contribution in [2.24, 2.45) is 0 Å². The molecule has 1 aromatic rings. The summed E-state index contributed by atoms with van der Waals surface area (Å²) < 4.78 is 11.3. The maximum atomic E-state index is 12.3. The number of methoxy groups -OCH3 is 1. The Balaban J connectivity index is 1.82. The molecular weight excluding hydrogens is 316 g/mol. The van der Waals surface area contributed by atoms with E-state index in [1.165, 1.54) is 19.3 Å². The second-order valence-electron chi connectivity index (χ2n) is 6.53. The van der Waals surface area contributed by atoms with Crippen molar-refractivity contribution in [3.63, 3.8) is 0 Å². The predicted octanol–water partition coefficient (Wildman–Crippen LogP) is 3.02. The Hall–Kier alpha value is -1.75. The molecule has 1 aliphatic rings. The van der Waals surface area contributed by atoms with Crippen LogP contribution in [0.3, 0.4) is 0 Å². The van der Waals surface area contributed by atoms with Gasteiger partial charge < -0.3 is 19.7 Å². The number of rotatable bonds is 10. The Morgan fingerprint density at radius 3 is 2.68 bits per heavy atom. The summed E-state index contributed by atoms with van der Waals surface area (Å²) in [5.74, 6) is 1.77. The Morgan fingerprint density at radius 1 is 1.16 bits per heavy atom. The SMILES string of the molecule is CCCCCCOc1ccc(CCC(=O)N2CCNCC2)cc1OC. The lowest BCUT2D eigenvalue weighted by molar-refractivity contribution is -0.131. The van der Waals surface area contributed by atoms with E-state index in [4.69, 9.17) is 9.47 Å². The van der Waals surface area contributed by atoms with E-state index in [1.54, 1.807) is 7.11 Å². The summed E-state index contributed by atoms with van der Waals surface area (Å²) in [6.45, 7) is 6.33. The first-order valence-corrected chi connectivity index (χ1v) is 9.52. The molecule has 1 fully saturated rings. The Bertz CT molecular complexity index is 528. The molecule has 0 aliphatic carbocycles. The molecule has 0 radical (unpaired) electrons. The van der Waals surface area contributed by atoms with Crippen LogP contribution >= 0.6 is 0 Å². The van der Waals surface area contributed by atoms with E-state index in [-0.39, 0.29) is 5.91 Å². The van der Waals surface area contributed by atoms with Gasteiger partial charge in [-0.25, -0.2) is 0 Å². The fourth-order valence-corrected chi connectivity index (χ4v) is 3.02. The predicted molar refractivity (Wildman–Crippen MR) is 100 cm³/mol. The molecular formula is C20H32N2O3. The van der Waals surface area contributed by atoms with Crippen LogP contribution < -0.4 is 14.8 Å². The van der Waals surface area contributed by atoms with Gasteiger partial charge in [0, 0.05) is 32.6 Å². The number of benzene rings is 1. The van der Waals surface area contributed by atoms with Crippen molar-refractivity contribution in [3.05, 3.63) is 23.8 Å². The zero-order valence-electron chi connectivity index (χ0n) is 15.7. The number of unbranched alkanes of at least 4 members (excludes halogenated alkanes) is 3. The van der Waals surface area contributed by atoms with Crippen LogP contribution in [0.4, 0.5) is 0 Å². The minimum Gasteiger partial charge on any atom is -0.493 e. The van der Waals surface area contributed by atoms with Crippen LogP contribution in [0, 0.1) is 0 Å². The molecule has 5 nitrogen and oxygen atoms in total. The van der Waals surface area contributed by atoms with E-state index in [2.05, 4.69) is 12.2 Å². The monoisotopic (exact) mass is 348 g/mol. The summed E-state index contributed by atoms with van der Waals surface area (Å²) in [5, 5.41) is 3.27. The lowest BCUT2D eigenvalue weighted by Crippen LogP contribution is -2.46. The average Bonchev–Trinajstić information content (AvgIpc) is 2.67. The Morgan fingerprint density at radius 2 is 1.96 bits per heavy atom. The molecule has 2 rings (SSSR count). The molecule has 1 aromatic carbocycles. The molecule has 1 aliphatic heterocycles. The van der Waals surface area contributed by atoms with Crippen LogP contribution in [-0.4, -0.2) is 50.7 Å². The van der Waals surface area contributed by atoms with Crippen LogP contribution in [-0.2, 0) is 11.2 Å². The standard InChI is InChI=1S/C20H32N2O3/c1-3-4-5-6-15-25-18-9-7-17(16-19(18)24-2)8-10-20(23)22-13-11-21-12-14-22/h7,9,16,21H,3-6,8,10-15H2,1-2H3. The topological polar surface area (TPSA) is 50.8 Å². The average molecular weight is 348 g/mol. The van der Waals surface area contributed by atoms with Crippen molar-refractivity contribution < 1.29 is 14.3 Å². The third-order valence-corrected chi connectivity index (χ3v) is 4.58. The van der Waals surface area contributed by atoms with E-state index in [0.29, 0.717) is 6.42 Å². The number of carbonyl (C=O) groups is 1. The van der Waals surface area contributed by atoms with E-state index in [0.717, 1.165) is 62.7 Å². The van der Waals surface area contributed by atoms with Crippen molar-refractivity contribution in [1.82, 2.24) is 10.2 Å². The molecule has 1 N–H and O–H groups in total. The maximum Gasteiger partial charge on any atom is 0.222 e. The van der Waals surface area contributed by atoms with E-state index < -0.39 is 0 Å². The number of piperazine rings is 1. The third kappa shape index (κ3) is 6.58. The number of nitrogens with zero attached hydrogens (tertiary/aromatic N) is 1. The summed E-state index contributed by atoms with van der Waals surface area (Å²) >= 11 is 0. The molecule has 0 atom stereocenters. The summed E-state index contributed by atoms with van der Waals surface area (Å²) in [5.41, 5.74) is 1.11. The number of amides is 1. The van der Waals surface area contributed by atoms with Gasteiger partial charge in [0.05, 0.1) is 13.7 Å². The van der Waals surface area contributed by atoms with Crippen molar-refractivity contribution in [1.29, 1.82) is 0 Å². The lowest BCUT2D eigenvalue weighted by Gasteiger charge is -2.27. The van der Waals surface area contributed by atoms with Crippen LogP contribution in [0.1, 0.15) is 44.6 Å². The lowest BCUT2D eigenvalue weighted by atomic mass is 10.1. The number of nitrogens with one attached hydrogen (secondary N) is 1. The summed E-state index contributed by atoms with van der Waals surface area (Å²) in [6, 6.07) is 5.99. The van der Waals surface area contributed by atoms with Gasteiger partial charge in [-0.2, -0.15) is 0 Å². The second kappa shape index (κ2) is 11.0. The van der Waals surface area contributed by atoms with Gasteiger partial charge in [-0.05, 0) is 30.5 Å². The highest BCUT2D eigenvalue weighted by atomic mass is 16.5. The van der Waals surface area contributed by atoms with E-state index >= 15 is 0 Å². The first kappa shape index (κ1) is 19.6. The molecule has 0 saturated carbocycles. The van der Waals surface area contributed by atoms with E-state index in [1.807, 2.05) is 23.1 Å². The number of hydrogen-bond acceptors (Lipinski definition) is 4. The Labute approximate surface area is 151 Å². The minimum atomic E-state index is 0.233. The fourth-order valence-electron chi connectivity index (χ4n) is 3.02. The normalized spacial score (nSPS) is 14.4. The molecule has 5 heteroatoms. The van der Waals surface area contributed by atoms with Gasteiger partial charge in [0.25, 0.3) is 0 Å². The molecule has 0 spiro atoms. The first-order chi connectivity index (χ1) is 12.2. The molecule has 0 bridgehead atoms. The van der Waals surface area contributed by atoms with Crippen molar-refractivity contribution >= 4 is 5.91 Å². The van der Waals surface area contributed by atoms with Gasteiger partial charge in [-0.3, -0.25) is 4.79 Å². The van der Waals surface area contributed by atoms with Gasteiger partial charge in [-0.15, -0.1) is 0 Å². The second-order valence-corrected chi connectivity index (χ2v) is 6.53. The van der Waals surface area contributed by atoms with Crippen LogP contribution in [0.2, 0.25) is 0 Å². The van der Waals surface area contributed by atoms with Gasteiger partial charge in [0.1, 0.15) is 0 Å². The van der Waals surface area contributed by atoms with Crippen LogP contribution in [0.5, 0.6) is 11.5 Å². The maximum absolute atomic E-state index is 12.3. The van der Waals surface area contributed by atoms with Gasteiger partial charge in [-0.1, -0.05) is 32.3 Å². The Kier molecular flexibility index (Phi) is 8.60. The zero-order chi connectivity index (χ0) is 17.9. The van der Waals surface area contributed by atoms with Crippen LogP contribution in [0.25, 0.3) is 0 Å². The van der Waals surface area contributed by atoms with Gasteiger partial charge in [0.2, 0.25) is 5.91 Å². The van der Waals surface area contributed by atoms with Crippen LogP contribution in [0.15, 0.2) is 18.2 Å². The summed E-state index contributed by atoms with van der Waals surface area (Å²) in [6.07, 6.45) is 6.02. The molecule has 1 heterocycles. The highest BCUT2D eigenvalue weighted by Crippen LogP contribution is 2.29. The first-order valence-electron chi connectivity index (χ1n) is 9.52. The molecule has 25 heavy (non-hydrogen) atoms. The molecule has 0 aromatic heterocycles. The fraction of sp³-hybridized carbons (Fsp3) is 0.650. The zero-order valence-corrected chi connectivity index (χ0v) is 15.7. The summed E-state index contributed by atoms with van der Waals surface area (Å²) in [7, 11) is 1.66. The third-order valence-electron chi connectivity index (χ3n) is 4.58. The number of hydrogen-bond donors (Lipinski definition) is 1. The van der Waals surface area contributed by atoms with Crippen molar-refractivity contribution in [2.75, 3.05) is 39.9 Å². The molecule has 0 unspecified atom stereocenters. The van der Waals surface area contributed by atoms with Crippen molar-refractivity contribution in [3.8, 4) is 11.5 Å². The van der Waals surface area contributed by atoms with Crippen molar-refractivity contribution in [2.45, 2.75) is 45.4 Å². The van der Waals surface area contributed by atoms with Gasteiger partial charge >= 0.3 is 0 Å². The summed E-state index contributed by atoms with van der Waals surface area (Å²) in [4.78, 5) is 14.2. The molecule has 1 saturated heterocycles. The van der Waals surface area contributed by atoms with Gasteiger partial charge in [0.15, 0.2) is 11.5 Å². The molecule has 140 valence electrons. The number of carbonyl (C=O) groups excluding carboxylic acids is 1. The quantitative estimate of drug-likeness (QED) is 0.661. The highest BCUT2D eigenvalue weighted by Gasteiger charge is 2.16. The largest absolute Gasteiger partial charge is 0.493 e.